The van der Waals surface area contributed by atoms with Gasteiger partial charge in [-0.2, -0.15) is 0 Å². The quantitative estimate of drug-likeness (QED) is 0.512. The van der Waals surface area contributed by atoms with Crippen molar-refractivity contribution >= 4 is 23.5 Å². The maximum atomic E-state index is 11.5. The van der Waals surface area contributed by atoms with E-state index in [4.69, 9.17) is 21.1 Å². The van der Waals surface area contributed by atoms with Gasteiger partial charge in [-0.15, -0.1) is 0 Å². The first-order chi connectivity index (χ1) is 10.1. The second-order valence-electron chi connectivity index (χ2n) is 4.72. The van der Waals surface area contributed by atoms with Crippen molar-refractivity contribution in [2.24, 2.45) is 0 Å². The molecule has 1 aromatic rings. The minimum atomic E-state index is -0.416. The molecule has 0 atom stereocenters. The highest BCUT2D eigenvalue weighted by atomic mass is 35.5. The second kappa shape index (κ2) is 10.2. The van der Waals surface area contributed by atoms with Crippen LogP contribution in [-0.2, 0) is 25.7 Å². The Labute approximate surface area is 130 Å². The van der Waals surface area contributed by atoms with E-state index in [1.165, 1.54) is 0 Å². The lowest BCUT2D eigenvalue weighted by Crippen LogP contribution is -2.11. The van der Waals surface area contributed by atoms with E-state index in [2.05, 4.69) is 6.92 Å². The largest absolute Gasteiger partial charge is 0.466 e. The molecule has 4 nitrogen and oxygen atoms in total. The normalized spacial score (nSPS) is 10.2. The molecule has 0 aromatic heterocycles. The summed E-state index contributed by atoms with van der Waals surface area (Å²) in [5.41, 5.74) is 0.818. The number of carbonyl (C=O) groups excluding carboxylic acids is 2. The lowest BCUT2D eigenvalue weighted by atomic mass is 10.2. The van der Waals surface area contributed by atoms with Crippen LogP contribution in [0.5, 0.6) is 0 Å². The molecule has 0 saturated carbocycles. The smallest absolute Gasteiger partial charge is 0.306 e. The van der Waals surface area contributed by atoms with Gasteiger partial charge in [0.1, 0.15) is 6.61 Å². The van der Waals surface area contributed by atoms with Crippen LogP contribution in [-0.4, -0.2) is 18.5 Å². The van der Waals surface area contributed by atoms with E-state index in [1.54, 1.807) is 18.2 Å². The predicted octanol–water partition coefficient (Wildman–Crippen LogP) is 3.90. The lowest BCUT2D eigenvalue weighted by molar-refractivity contribution is -0.151. The fraction of sp³-hybridized carbons (Fsp3) is 0.500. The Balaban J connectivity index is 2.15. The number of halogens is 1. The standard InChI is InChI=1S/C16H21ClO4/c1-2-3-4-10-20-15(18)8-9-16(19)21-12-13-6-5-7-14(17)11-13/h5-7,11H,2-4,8-10,12H2,1H3. The van der Waals surface area contributed by atoms with Crippen molar-refractivity contribution in [1.29, 1.82) is 0 Å². The van der Waals surface area contributed by atoms with Crippen LogP contribution < -0.4 is 0 Å². The summed E-state index contributed by atoms with van der Waals surface area (Å²) in [6.45, 7) is 2.66. The van der Waals surface area contributed by atoms with Crippen LogP contribution in [0.2, 0.25) is 5.02 Å². The number of benzene rings is 1. The maximum absolute atomic E-state index is 11.5. The van der Waals surface area contributed by atoms with Gasteiger partial charge in [-0.3, -0.25) is 9.59 Å². The Kier molecular flexibility index (Phi) is 8.51. The van der Waals surface area contributed by atoms with Crippen LogP contribution in [0.25, 0.3) is 0 Å². The molecule has 1 aromatic carbocycles. The van der Waals surface area contributed by atoms with Crippen LogP contribution >= 0.6 is 11.6 Å². The predicted molar refractivity (Wildman–Crippen MR) is 81.0 cm³/mol. The molecule has 0 unspecified atom stereocenters. The van der Waals surface area contributed by atoms with E-state index >= 15 is 0 Å². The van der Waals surface area contributed by atoms with Gasteiger partial charge in [-0.05, 0) is 24.1 Å². The molecule has 0 heterocycles. The van der Waals surface area contributed by atoms with Crippen molar-refractivity contribution in [3.8, 4) is 0 Å². The fourth-order valence-corrected chi connectivity index (χ4v) is 1.89. The van der Waals surface area contributed by atoms with Gasteiger partial charge in [0, 0.05) is 5.02 Å². The van der Waals surface area contributed by atoms with E-state index in [0.717, 1.165) is 24.8 Å². The van der Waals surface area contributed by atoms with E-state index in [9.17, 15) is 9.59 Å². The first-order valence-corrected chi connectivity index (χ1v) is 7.55. The molecule has 0 fully saturated rings. The molecule has 0 radical (unpaired) electrons. The number of esters is 2. The van der Waals surface area contributed by atoms with Crippen molar-refractivity contribution in [3.63, 3.8) is 0 Å². The summed E-state index contributed by atoms with van der Waals surface area (Å²) in [4.78, 5) is 22.9. The molecule has 0 aliphatic carbocycles. The van der Waals surface area contributed by atoms with Gasteiger partial charge in [0.2, 0.25) is 0 Å². The summed E-state index contributed by atoms with van der Waals surface area (Å²) in [6, 6.07) is 7.10. The molecule has 1 rings (SSSR count). The number of unbranched alkanes of at least 4 members (excludes halogenated alkanes) is 2. The SMILES string of the molecule is CCCCCOC(=O)CCC(=O)OCc1cccc(Cl)c1. The fourth-order valence-electron chi connectivity index (χ4n) is 1.68. The zero-order chi connectivity index (χ0) is 15.5. The third kappa shape index (κ3) is 8.35. The Morgan fingerprint density at radius 2 is 1.81 bits per heavy atom. The molecule has 0 amide bonds. The highest BCUT2D eigenvalue weighted by Crippen LogP contribution is 2.11. The zero-order valence-corrected chi connectivity index (χ0v) is 13.0. The summed E-state index contributed by atoms with van der Waals surface area (Å²) >= 11 is 5.83. The minimum absolute atomic E-state index is 0.0349. The van der Waals surface area contributed by atoms with Crippen LogP contribution in [0.1, 0.15) is 44.6 Å². The average Bonchev–Trinajstić information content (AvgIpc) is 2.47. The van der Waals surface area contributed by atoms with Crippen molar-refractivity contribution in [3.05, 3.63) is 34.9 Å². The van der Waals surface area contributed by atoms with Crippen molar-refractivity contribution < 1.29 is 19.1 Å². The first kappa shape index (κ1) is 17.5. The molecule has 0 aliphatic heterocycles. The monoisotopic (exact) mass is 312 g/mol. The van der Waals surface area contributed by atoms with E-state index in [-0.39, 0.29) is 25.4 Å². The molecule has 0 aliphatic rings. The van der Waals surface area contributed by atoms with Crippen LogP contribution in [0.15, 0.2) is 24.3 Å². The van der Waals surface area contributed by atoms with Gasteiger partial charge < -0.3 is 9.47 Å². The summed E-state index contributed by atoms with van der Waals surface area (Å²) in [6.07, 6.45) is 3.07. The molecule has 21 heavy (non-hydrogen) atoms. The van der Waals surface area contributed by atoms with Crippen LogP contribution in [0.3, 0.4) is 0 Å². The zero-order valence-electron chi connectivity index (χ0n) is 12.3. The number of hydrogen-bond donors (Lipinski definition) is 0. The highest BCUT2D eigenvalue weighted by molar-refractivity contribution is 6.30. The second-order valence-corrected chi connectivity index (χ2v) is 5.15. The summed E-state index contributed by atoms with van der Waals surface area (Å²) in [5.74, 6) is -0.772. The summed E-state index contributed by atoms with van der Waals surface area (Å²) < 4.78 is 10.1. The molecule has 0 saturated heterocycles. The van der Waals surface area contributed by atoms with Gasteiger partial charge in [0.15, 0.2) is 0 Å². The van der Waals surface area contributed by atoms with Gasteiger partial charge in [-0.1, -0.05) is 43.5 Å². The summed E-state index contributed by atoms with van der Waals surface area (Å²) in [7, 11) is 0. The van der Waals surface area contributed by atoms with Gasteiger partial charge in [0.25, 0.3) is 0 Å². The van der Waals surface area contributed by atoms with Gasteiger partial charge >= 0.3 is 11.9 Å². The molecular formula is C16H21ClO4. The summed E-state index contributed by atoms with van der Waals surface area (Å²) in [5, 5.41) is 0.596. The van der Waals surface area contributed by atoms with Gasteiger partial charge in [-0.25, -0.2) is 0 Å². The Bertz CT molecular complexity index is 459. The third-order valence-corrected chi connectivity index (χ3v) is 3.07. The topological polar surface area (TPSA) is 52.6 Å². The van der Waals surface area contributed by atoms with E-state index in [1.807, 2.05) is 6.07 Å². The maximum Gasteiger partial charge on any atom is 0.306 e. The Morgan fingerprint density at radius 3 is 2.48 bits per heavy atom. The number of carbonyl (C=O) groups is 2. The molecule has 0 N–H and O–H groups in total. The lowest BCUT2D eigenvalue weighted by Gasteiger charge is -2.06. The Morgan fingerprint density at radius 1 is 1.10 bits per heavy atom. The van der Waals surface area contributed by atoms with Crippen molar-refractivity contribution in [2.75, 3.05) is 6.61 Å². The molecule has 5 heteroatoms. The molecule has 116 valence electrons. The van der Waals surface area contributed by atoms with Crippen molar-refractivity contribution in [2.45, 2.75) is 45.6 Å². The number of hydrogen-bond acceptors (Lipinski definition) is 4. The molecule has 0 bridgehead atoms. The molecule has 0 spiro atoms. The average molecular weight is 313 g/mol. The number of rotatable bonds is 9. The van der Waals surface area contributed by atoms with Crippen molar-refractivity contribution in [1.82, 2.24) is 0 Å². The van der Waals surface area contributed by atoms with Gasteiger partial charge in [0.05, 0.1) is 19.4 Å². The van der Waals surface area contributed by atoms with E-state index in [0.29, 0.717) is 11.6 Å². The van der Waals surface area contributed by atoms with Crippen LogP contribution in [0, 0.1) is 0 Å². The highest BCUT2D eigenvalue weighted by Gasteiger charge is 2.09. The Hall–Kier alpha value is -1.55. The molecular weight excluding hydrogens is 292 g/mol. The first-order valence-electron chi connectivity index (χ1n) is 7.17. The van der Waals surface area contributed by atoms with Crippen LogP contribution in [0.4, 0.5) is 0 Å². The number of ether oxygens (including phenoxy) is 2. The minimum Gasteiger partial charge on any atom is -0.466 e. The third-order valence-electron chi connectivity index (χ3n) is 2.83. The van der Waals surface area contributed by atoms with E-state index < -0.39 is 5.97 Å².